The maximum absolute atomic E-state index is 11.0. The third kappa shape index (κ3) is 2.65. The number of aromatic carboxylic acids is 1. The summed E-state index contributed by atoms with van der Waals surface area (Å²) in [6.45, 7) is 0.985. The fourth-order valence-electron chi connectivity index (χ4n) is 2.41. The van der Waals surface area contributed by atoms with Gasteiger partial charge >= 0.3 is 5.97 Å². The largest absolute Gasteiger partial charge is 0.478 e. The summed E-state index contributed by atoms with van der Waals surface area (Å²) in [5.41, 5.74) is 2.94. The van der Waals surface area contributed by atoms with Crippen LogP contribution in [0.1, 0.15) is 22.3 Å². The number of anilines is 1. The number of benzene rings is 2. The van der Waals surface area contributed by atoms with Gasteiger partial charge in [-0.3, -0.25) is 0 Å². The van der Waals surface area contributed by atoms with Crippen LogP contribution in [0.3, 0.4) is 0 Å². The lowest BCUT2D eigenvalue weighted by Gasteiger charge is -2.29. The number of carboxylic acids is 1. The van der Waals surface area contributed by atoms with Crippen LogP contribution in [0.25, 0.3) is 0 Å². The molecule has 0 atom stereocenters. The highest BCUT2D eigenvalue weighted by molar-refractivity contribution is 8.00. The fraction of sp³-hybridized carbons (Fsp3) is 0.188. The predicted molar refractivity (Wildman–Crippen MR) is 81.4 cm³/mol. The lowest BCUT2D eigenvalue weighted by molar-refractivity contribution is 0.0696. The van der Waals surface area contributed by atoms with Crippen molar-refractivity contribution >= 4 is 23.6 Å². The van der Waals surface area contributed by atoms with Gasteiger partial charge in [-0.2, -0.15) is 0 Å². The zero-order valence-electron chi connectivity index (χ0n) is 11.0. The Kier molecular flexibility index (Phi) is 3.65. The number of hydrogen-bond acceptors (Lipinski definition) is 3. The number of hydrogen-bond donors (Lipinski definition) is 1. The molecule has 1 N–H and O–H groups in total. The molecule has 0 unspecified atom stereocenters. The Morgan fingerprint density at radius 2 is 2.00 bits per heavy atom. The molecule has 3 nitrogen and oxygen atoms in total. The van der Waals surface area contributed by atoms with Crippen molar-refractivity contribution in [2.24, 2.45) is 0 Å². The van der Waals surface area contributed by atoms with E-state index in [1.165, 1.54) is 11.3 Å². The van der Waals surface area contributed by atoms with Crippen LogP contribution in [0, 0.1) is 0 Å². The van der Waals surface area contributed by atoms with Crippen molar-refractivity contribution in [2.75, 3.05) is 10.8 Å². The molecule has 1 heterocycles. The van der Waals surface area contributed by atoms with Gasteiger partial charge in [0.1, 0.15) is 0 Å². The highest BCUT2D eigenvalue weighted by Crippen LogP contribution is 2.35. The van der Waals surface area contributed by atoms with Gasteiger partial charge < -0.3 is 9.41 Å². The van der Waals surface area contributed by atoms with E-state index >= 15 is 0 Å². The van der Waals surface area contributed by atoms with Crippen LogP contribution in [0.4, 0.5) is 5.69 Å². The lowest BCUT2D eigenvalue weighted by atomic mass is 10.0. The van der Waals surface area contributed by atoms with Gasteiger partial charge in [0, 0.05) is 11.4 Å². The zero-order chi connectivity index (χ0) is 13.9. The Hall–Kier alpha value is -1.94. The van der Waals surface area contributed by atoms with Crippen molar-refractivity contribution in [1.82, 2.24) is 0 Å². The Morgan fingerprint density at radius 1 is 1.15 bits per heavy atom. The van der Waals surface area contributed by atoms with E-state index in [1.807, 2.05) is 12.1 Å². The normalized spacial score (nSPS) is 13.9. The molecule has 0 aliphatic carbocycles. The second-order valence-corrected chi connectivity index (χ2v) is 5.85. The van der Waals surface area contributed by atoms with Crippen LogP contribution < -0.4 is 4.31 Å². The summed E-state index contributed by atoms with van der Waals surface area (Å²) in [7, 11) is 0. The summed E-state index contributed by atoms with van der Waals surface area (Å²) >= 11 is 1.61. The molecule has 0 saturated carbocycles. The molecule has 0 bridgehead atoms. The molecule has 0 aromatic heterocycles. The minimum Gasteiger partial charge on any atom is -0.478 e. The van der Waals surface area contributed by atoms with Gasteiger partial charge in [-0.1, -0.05) is 24.3 Å². The Labute approximate surface area is 122 Å². The zero-order valence-corrected chi connectivity index (χ0v) is 11.8. The highest BCUT2D eigenvalue weighted by Gasteiger charge is 2.17. The molecule has 2 aromatic carbocycles. The molecule has 1 aliphatic rings. The van der Waals surface area contributed by atoms with Gasteiger partial charge in [0.25, 0.3) is 0 Å². The molecular formula is C16H15NO2S. The van der Waals surface area contributed by atoms with E-state index in [0.29, 0.717) is 5.56 Å². The molecule has 1 aliphatic heterocycles. The van der Waals surface area contributed by atoms with E-state index in [-0.39, 0.29) is 0 Å². The first-order valence-electron chi connectivity index (χ1n) is 6.61. The monoisotopic (exact) mass is 285 g/mol. The second-order valence-electron chi connectivity index (χ2n) is 4.76. The fourth-order valence-corrected chi connectivity index (χ4v) is 3.48. The SMILES string of the molecule is O=C(O)c1cccc(SN2CCCc3ccccc32)c1. The molecule has 102 valence electrons. The van der Waals surface area contributed by atoms with Crippen molar-refractivity contribution < 1.29 is 9.90 Å². The van der Waals surface area contributed by atoms with Crippen LogP contribution in [0.15, 0.2) is 53.4 Å². The Bertz CT molecular complexity index is 642. The van der Waals surface area contributed by atoms with Crippen LogP contribution in [0.2, 0.25) is 0 Å². The average Bonchev–Trinajstić information content (AvgIpc) is 2.48. The number of fused-ring (bicyclic) bond motifs is 1. The second kappa shape index (κ2) is 5.59. The van der Waals surface area contributed by atoms with Crippen molar-refractivity contribution in [2.45, 2.75) is 17.7 Å². The first kappa shape index (κ1) is 13.1. The number of carboxylic acid groups (broad SMARTS) is 1. The minimum absolute atomic E-state index is 0.334. The van der Waals surface area contributed by atoms with Crippen molar-refractivity contribution in [3.63, 3.8) is 0 Å². The summed E-state index contributed by atoms with van der Waals surface area (Å²) in [6.07, 6.45) is 2.24. The molecule has 2 aromatic rings. The maximum Gasteiger partial charge on any atom is 0.335 e. The average molecular weight is 285 g/mol. The number of aryl methyl sites for hydroxylation is 1. The molecule has 0 saturated heterocycles. The van der Waals surface area contributed by atoms with E-state index < -0.39 is 5.97 Å². The first-order valence-corrected chi connectivity index (χ1v) is 7.38. The number of nitrogens with zero attached hydrogens (tertiary/aromatic N) is 1. The van der Waals surface area contributed by atoms with Gasteiger partial charge in [0.2, 0.25) is 0 Å². The summed E-state index contributed by atoms with van der Waals surface area (Å²) in [6, 6.07) is 15.5. The van der Waals surface area contributed by atoms with Crippen molar-refractivity contribution in [1.29, 1.82) is 0 Å². The highest BCUT2D eigenvalue weighted by atomic mass is 32.2. The summed E-state index contributed by atoms with van der Waals surface area (Å²) in [4.78, 5) is 12.0. The molecular weight excluding hydrogens is 270 g/mol. The van der Waals surface area contributed by atoms with Gasteiger partial charge in [0.05, 0.1) is 11.3 Å². The van der Waals surface area contributed by atoms with E-state index in [0.717, 1.165) is 24.3 Å². The summed E-state index contributed by atoms with van der Waals surface area (Å²) in [5, 5.41) is 9.05. The van der Waals surface area contributed by atoms with E-state index in [2.05, 4.69) is 22.5 Å². The van der Waals surface area contributed by atoms with Gasteiger partial charge in [-0.05, 0) is 54.6 Å². The standard InChI is InChI=1S/C16H15NO2S/c18-16(19)13-6-3-8-14(11-13)20-17-10-4-7-12-5-1-2-9-15(12)17/h1-3,5-6,8-9,11H,4,7,10H2,(H,18,19). The van der Waals surface area contributed by atoms with Crippen LogP contribution >= 0.6 is 11.9 Å². The Balaban J connectivity index is 1.85. The summed E-state index contributed by atoms with van der Waals surface area (Å²) < 4.78 is 2.25. The maximum atomic E-state index is 11.0. The van der Waals surface area contributed by atoms with Crippen LogP contribution in [-0.4, -0.2) is 17.6 Å². The lowest BCUT2D eigenvalue weighted by Crippen LogP contribution is -2.22. The summed E-state index contributed by atoms with van der Waals surface area (Å²) in [5.74, 6) is -0.883. The van der Waals surface area contributed by atoms with E-state index in [4.69, 9.17) is 5.11 Å². The third-order valence-electron chi connectivity index (χ3n) is 3.36. The molecule has 0 amide bonds. The molecule has 0 spiro atoms. The van der Waals surface area contributed by atoms with Gasteiger partial charge in [0.15, 0.2) is 0 Å². The number of para-hydroxylation sites is 1. The van der Waals surface area contributed by atoms with E-state index in [9.17, 15) is 4.79 Å². The smallest absolute Gasteiger partial charge is 0.335 e. The molecule has 3 rings (SSSR count). The molecule has 4 heteroatoms. The van der Waals surface area contributed by atoms with Crippen LogP contribution in [0.5, 0.6) is 0 Å². The third-order valence-corrected chi connectivity index (χ3v) is 4.43. The van der Waals surface area contributed by atoms with Crippen molar-refractivity contribution in [3.05, 3.63) is 59.7 Å². The van der Waals surface area contributed by atoms with Gasteiger partial charge in [-0.15, -0.1) is 0 Å². The minimum atomic E-state index is -0.883. The number of rotatable bonds is 3. The topological polar surface area (TPSA) is 40.5 Å². The number of carbonyl (C=O) groups is 1. The molecule has 0 fully saturated rings. The van der Waals surface area contributed by atoms with Crippen LogP contribution in [-0.2, 0) is 6.42 Å². The quantitative estimate of drug-likeness (QED) is 0.870. The van der Waals surface area contributed by atoms with E-state index in [1.54, 1.807) is 30.1 Å². The van der Waals surface area contributed by atoms with Gasteiger partial charge in [-0.25, -0.2) is 4.79 Å². The van der Waals surface area contributed by atoms with Crippen molar-refractivity contribution in [3.8, 4) is 0 Å². The predicted octanol–water partition coefficient (Wildman–Crippen LogP) is 3.84. The molecule has 0 radical (unpaired) electrons. The first-order chi connectivity index (χ1) is 9.74. The Morgan fingerprint density at radius 3 is 2.85 bits per heavy atom. The molecule has 20 heavy (non-hydrogen) atoms.